The van der Waals surface area contributed by atoms with Gasteiger partial charge in [-0.15, -0.1) is 0 Å². The van der Waals surface area contributed by atoms with E-state index in [2.05, 4.69) is 5.32 Å². The summed E-state index contributed by atoms with van der Waals surface area (Å²) in [5, 5.41) is 2.80. The number of carbonyl (C=O) groups excluding carboxylic acids is 2. The van der Waals surface area contributed by atoms with Gasteiger partial charge in [0, 0.05) is 6.54 Å². The smallest absolute Gasteiger partial charge is 0.255 e. The third-order valence-electron chi connectivity index (χ3n) is 3.78. The van der Waals surface area contributed by atoms with E-state index < -0.39 is 11.9 Å². The first-order valence-corrected chi connectivity index (χ1v) is 8.08. The van der Waals surface area contributed by atoms with Gasteiger partial charge in [0.15, 0.2) is 18.1 Å². The first kappa shape index (κ1) is 19.3. The van der Waals surface area contributed by atoms with Crippen molar-refractivity contribution in [3.05, 3.63) is 59.2 Å². The summed E-state index contributed by atoms with van der Waals surface area (Å²) in [5.41, 5.74) is 13.7. The fraction of sp³-hybridized carbons (Fsp3) is 0.263. The van der Waals surface area contributed by atoms with Gasteiger partial charge in [-0.2, -0.15) is 0 Å². The van der Waals surface area contributed by atoms with Crippen LogP contribution in [-0.4, -0.2) is 25.5 Å². The number of primary amides is 1. The van der Waals surface area contributed by atoms with E-state index in [4.69, 9.17) is 20.9 Å². The highest BCUT2D eigenvalue weighted by Gasteiger charge is 2.15. The van der Waals surface area contributed by atoms with E-state index in [1.165, 1.54) is 7.11 Å². The van der Waals surface area contributed by atoms with Gasteiger partial charge in [0.1, 0.15) is 6.04 Å². The fourth-order valence-corrected chi connectivity index (χ4v) is 2.31. The number of rotatable bonds is 8. The fourth-order valence-electron chi connectivity index (χ4n) is 2.31. The number of amides is 2. The summed E-state index contributed by atoms with van der Waals surface area (Å²) in [4.78, 5) is 23.1. The Morgan fingerprint density at radius 2 is 1.81 bits per heavy atom. The molecule has 0 saturated carbocycles. The summed E-state index contributed by atoms with van der Waals surface area (Å²) in [6.07, 6.45) is 0. The third-order valence-corrected chi connectivity index (χ3v) is 3.78. The molecule has 0 radical (unpaired) electrons. The van der Waals surface area contributed by atoms with Crippen molar-refractivity contribution in [1.82, 2.24) is 5.32 Å². The highest BCUT2D eigenvalue weighted by Crippen LogP contribution is 2.28. The molecule has 0 heterocycles. The predicted molar refractivity (Wildman–Crippen MR) is 97.6 cm³/mol. The molecule has 2 rings (SSSR count). The van der Waals surface area contributed by atoms with Crippen molar-refractivity contribution in [3.63, 3.8) is 0 Å². The molecule has 0 spiro atoms. The lowest BCUT2D eigenvalue weighted by molar-refractivity contribution is -0.122. The molecular formula is C19H23N3O4. The van der Waals surface area contributed by atoms with Gasteiger partial charge in [-0.05, 0) is 30.2 Å². The van der Waals surface area contributed by atoms with Gasteiger partial charge < -0.3 is 26.3 Å². The Labute approximate surface area is 152 Å². The average molecular weight is 357 g/mol. The van der Waals surface area contributed by atoms with Crippen molar-refractivity contribution in [2.75, 3.05) is 13.7 Å². The maximum Gasteiger partial charge on any atom is 0.255 e. The van der Waals surface area contributed by atoms with Gasteiger partial charge in [-0.1, -0.05) is 35.9 Å². The summed E-state index contributed by atoms with van der Waals surface area (Å²) >= 11 is 0. The Balaban J connectivity index is 1.98. The summed E-state index contributed by atoms with van der Waals surface area (Å²) in [6, 6.07) is 11.9. The standard InChI is InChI=1S/C19H23N3O4/c1-12-3-6-14(7-4-12)18(21)19(24)22-10-13-5-8-15(16(9-13)25-2)26-11-17(20)23/h3-9,18H,10-11,21H2,1-2H3,(H2,20,23)(H,22,24). The molecule has 0 aliphatic rings. The van der Waals surface area contributed by atoms with E-state index in [9.17, 15) is 9.59 Å². The second-order valence-electron chi connectivity index (χ2n) is 5.85. The number of aryl methyl sites for hydroxylation is 1. The molecule has 2 aromatic rings. The van der Waals surface area contributed by atoms with Crippen LogP contribution < -0.4 is 26.3 Å². The minimum atomic E-state index is -0.740. The zero-order valence-corrected chi connectivity index (χ0v) is 14.8. The second kappa shape index (κ2) is 8.87. The average Bonchev–Trinajstić information content (AvgIpc) is 2.64. The molecule has 0 aliphatic carbocycles. The van der Waals surface area contributed by atoms with Gasteiger partial charge in [0.25, 0.3) is 5.91 Å². The number of benzene rings is 2. The maximum atomic E-state index is 12.3. The number of carbonyl (C=O) groups is 2. The lowest BCUT2D eigenvalue weighted by Crippen LogP contribution is -2.33. The minimum Gasteiger partial charge on any atom is -0.493 e. The lowest BCUT2D eigenvalue weighted by atomic mass is 10.1. The molecular weight excluding hydrogens is 334 g/mol. The van der Waals surface area contributed by atoms with Crippen molar-refractivity contribution in [2.45, 2.75) is 19.5 Å². The molecule has 26 heavy (non-hydrogen) atoms. The molecule has 5 N–H and O–H groups in total. The first-order valence-electron chi connectivity index (χ1n) is 8.08. The number of nitrogens with one attached hydrogen (secondary N) is 1. The summed E-state index contributed by atoms with van der Waals surface area (Å²) in [5.74, 6) is -0.00562. The zero-order valence-electron chi connectivity index (χ0n) is 14.8. The molecule has 7 heteroatoms. The monoisotopic (exact) mass is 357 g/mol. The SMILES string of the molecule is COc1cc(CNC(=O)C(N)c2ccc(C)cc2)ccc1OCC(N)=O. The minimum absolute atomic E-state index is 0.238. The summed E-state index contributed by atoms with van der Waals surface area (Å²) in [7, 11) is 1.49. The number of ether oxygens (including phenoxy) is 2. The number of methoxy groups -OCH3 is 1. The zero-order chi connectivity index (χ0) is 19.1. The molecule has 0 saturated heterocycles. The molecule has 0 aromatic heterocycles. The van der Waals surface area contributed by atoms with E-state index in [1.807, 2.05) is 31.2 Å². The van der Waals surface area contributed by atoms with Crippen molar-refractivity contribution < 1.29 is 19.1 Å². The molecule has 0 aliphatic heterocycles. The van der Waals surface area contributed by atoms with E-state index in [1.54, 1.807) is 18.2 Å². The van der Waals surface area contributed by atoms with Crippen LogP contribution in [0.5, 0.6) is 11.5 Å². The second-order valence-corrected chi connectivity index (χ2v) is 5.85. The van der Waals surface area contributed by atoms with Crippen molar-refractivity contribution >= 4 is 11.8 Å². The Morgan fingerprint density at radius 1 is 1.12 bits per heavy atom. The van der Waals surface area contributed by atoms with Crippen LogP contribution >= 0.6 is 0 Å². The van der Waals surface area contributed by atoms with Gasteiger partial charge in [0.05, 0.1) is 7.11 Å². The quantitative estimate of drug-likeness (QED) is 0.656. The Hall–Kier alpha value is -3.06. The number of hydrogen-bond donors (Lipinski definition) is 3. The predicted octanol–water partition coefficient (Wildman–Crippen LogP) is 1.18. The first-order chi connectivity index (χ1) is 12.4. The van der Waals surface area contributed by atoms with Crippen LogP contribution in [0.1, 0.15) is 22.7 Å². The molecule has 0 fully saturated rings. The number of hydrogen-bond acceptors (Lipinski definition) is 5. The normalized spacial score (nSPS) is 11.5. The van der Waals surface area contributed by atoms with Crippen LogP contribution in [0.2, 0.25) is 0 Å². The van der Waals surface area contributed by atoms with Crippen molar-refractivity contribution in [3.8, 4) is 11.5 Å². The van der Waals surface area contributed by atoms with Crippen molar-refractivity contribution in [1.29, 1.82) is 0 Å². The molecule has 1 unspecified atom stereocenters. The topological polar surface area (TPSA) is 117 Å². The summed E-state index contributed by atoms with van der Waals surface area (Å²) in [6.45, 7) is 2.02. The van der Waals surface area contributed by atoms with E-state index >= 15 is 0 Å². The molecule has 2 aromatic carbocycles. The van der Waals surface area contributed by atoms with E-state index in [-0.39, 0.29) is 19.1 Å². The Kier molecular flexibility index (Phi) is 6.57. The van der Waals surface area contributed by atoms with E-state index in [0.717, 1.165) is 16.7 Å². The number of nitrogens with two attached hydrogens (primary N) is 2. The van der Waals surface area contributed by atoms with Crippen LogP contribution in [-0.2, 0) is 16.1 Å². The molecule has 7 nitrogen and oxygen atoms in total. The van der Waals surface area contributed by atoms with Crippen LogP contribution in [0.4, 0.5) is 0 Å². The molecule has 0 bridgehead atoms. The highest BCUT2D eigenvalue weighted by molar-refractivity contribution is 5.82. The van der Waals surface area contributed by atoms with Gasteiger partial charge in [-0.25, -0.2) is 0 Å². The largest absolute Gasteiger partial charge is 0.493 e. The summed E-state index contributed by atoms with van der Waals surface area (Å²) < 4.78 is 10.5. The van der Waals surface area contributed by atoms with Crippen LogP contribution in [0, 0.1) is 6.92 Å². The Bertz CT molecular complexity index is 775. The van der Waals surface area contributed by atoms with Crippen LogP contribution in [0.3, 0.4) is 0 Å². The molecule has 138 valence electrons. The van der Waals surface area contributed by atoms with Gasteiger partial charge in [-0.3, -0.25) is 9.59 Å². The van der Waals surface area contributed by atoms with Crippen LogP contribution in [0.25, 0.3) is 0 Å². The van der Waals surface area contributed by atoms with Crippen LogP contribution in [0.15, 0.2) is 42.5 Å². The van der Waals surface area contributed by atoms with Gasteiger partial charge in [0.2, 0.25) is 5.91 Å². The lowest BCUT2D eigenvalue weighted by Gasteiger charge is -2.14. The third kappa shape index (κ3) is 5.22. The van der Waals surface area contributed by atoms with Gasteiger partial charge >= 0.3 is 0 Å². The molecule has 2 amide bonds. The Morgan fingerprint density at radius 3 is 2.42 bits per heavy atom. The van der Waals surface area contributed by atoms with E-state index in [0.29, 0.717) is 11.5 Å². The molecule has 1 atom stereocenters. The maximum absolute atomic E-state index is 12.3. The van der Waals surface area contributed by atoms with Crippen molar-refractivity contribution in [2.24, 2.45) is 11.5 Å². The highest BCUT2D eigenvalue weighted by atomic mass is 16.5.